The van der Waals surface area contributed by atoms with Gasteiger partial charge in [-0.05, 0) is 50.6 Å². The van der Waals surface area contributed by atoms with Crippen molar-refractivity contribution in [3.05, 3.63) is 68.4 Å². The highest BCUT2D eigenvalue weighted by Gasteiger charge is 2.08. The Balaban J connectivity index is 2.28. The Morgan fingerprint density at radius 2 is 1.83 bits per heavy atom. The van der Waals surface area contributed by atoms with E-state index in [0.717, 1.165) is 12.1 Å². The molecule has 2 aromatic carbocycles. The number of fused-ring (bicyclic) bond motifs is 4. The molecule has 0 saturated carbocycles. The molecule has 0 aliphatic heterocycles. The highest BCUT2D eigenvalue weighted by atomic mass is 14.5. The number of benzene rings is 2. The lowest BCUT2D eigenvalue weighted by molar-refractivity contribution is 1.21. The molecule has 0 saturated heterocycles. The predicted octanol–water partition coefficient (Wildman–Crippen LogP) is 1.70. The molecule has 1 nitrogen and oxygen atoms in total. The molecule has 0 unspecified atom stereocenters. The SMILES string of the molecule is Nc1ccc2c(c1)=CCc1c3c(ccc1=2)=CC=C3. The molecule has 1 heteroatoms. The van der Waals surface area contributed by atoms with Gasteiger partial charge >= 0.3 is 0 Å². The van der Waals surface area contributed by atoms with Gasteiger partial charge in [-0.1, -0.05) is 42.5 Å². The van der Waals surface area contributed by atoms with E-state index in [1.165, 1.54) is 32.0 Å². The van der Waals surface area contributed by atoms with Crippen molar-refractivity contribution in [3.63, 3.8) is 0 Å². The number of nitrogen functional groups attached to an aromatic ring is 1. The second kappa shape index (κ2) is 3.36. The average molecular weight is 231 g/mol. The molecule has 0 spiro atoms. The summed E-state index contributed by atoms with van der Waals surface area (Å²) >= 11 is 0. The van der Waals surface area contributed by atoms with Crippen molar-refractivity contribution < 1.29 is 0 Å². The zero-order chi connectivity index (χ0) is 12.1. The molecule has 0 radical (unpaired) electrons. The largest absolute Gasteiger partial charge is 0.399 e. The van der Waals surface area contributed by atoms with Gasteiger partial charge in [0, 0.05) is 5.69 Å². The Bertz CT molecular complexity index is 902. The molecular formula is C17H13N. The molecule has 0 fully saturated rings. The summed E-state index contributed by atoms with van der Waals surface area (Å²) in [4.78, 5) is 0. The van der Waals surface area contributed by atoms with Crippen molar-refractivity contribution in [2.45, 2.75) is 6.42 Å². The number of rotatable bonds is 0. The van der Waals surface area contributed by atoms with Gasteiger partial charge in [0.2, 0.25) is 0 Å². The Kier molecular flexibility index (Phi) is 1.81. The van der Waals surface area contributed by atoms with Crippen LogP contribution in [-0.4, -0.2) is 0 Å². The van der Waals surface area contributed by atoms with Crippen LogP contribution in [0, 0.1) is 10.4 Å². The molecule has 4 rings (SSSR count). The van der Waals surface area contributed by atoms with Crippen molar-refractivity contribution in [1.29, 1.82) is 0 Å². The maximum absolute atomic E-state index is 5.86. The fourth-order valence-electron chi connectivity index (χ4n) is 2.95. The molecule has 2 N–H and O–H groups in total. The van der Waals surface area contributed by atoms with Gasteiger partial charge in [-0.3, -0.25) is 0 Å². The maximum Gasteiger partial charge on any atom is 0.0320 e. The number of hydrogen-bond acceptors (Lipinski definition) is 1. The topological polar surface area (TPSA) is 26.0 Å². The Labute approximate surface area is 105 Å². The summed E-state index contributed by atoms with van der Waals surface area (Å²) in [5.41, 5.74) is 9.51. The molecule has 0 amide bonds. The van der Waals surface area contributed by atoms with Crippen molar-refractivity contribution in [2.24, 2.45) is 0 Å². The molecule has 0 atom stereocenters. The van der Waals surface area contributed by atoms with Crippen LogP contribution in [0.3, 0.4) is 0 Å². The van der Waals surface area contributed by atoms with Crippen molar-refractivity contribution in [2.75, 3.05) is 5.73 Å². The van der Waals surface area contributed by atoms with Gasteiger partial charge in [-0.2, -0.15) is 0 Å². The van der Waals surface area contributed by atoms with Crippen LogP contribution in [0.4, 0.5) is 5.69 Å². The number of allylic oxidation sites excluding steroid dienone is 1. The third kappa shape index (κ3) is 1.22. The minimum Gasteiger partial charge on any atom is -0.399 e. The Hall–Kier alpha value is -2.28. The van der Waals surface area contributed by atoms with E-state index in [9.17, 15) is 0 Å². The van der Waals surface area contributed by atoms with Crippen LogP contribution in [0.25, 0.3) is 18.2 Å². The minimum atomic E-state index is 0.836. The lowest BCUT2D eigenvalue weighted by Crippen LogP contribution is -2.14. The molecule has 0 bridgehead atoms. The number of anilines is 1. The molecule has 2 aromatic rings. The summed E-state index contributed by atoms with van der Waals surface area (Å²) in [5.74, 6) is 0. The van der Waals surface area contributed by atoms with Crippen molar-refractivity contribution in [3.8, 4) is 0 Å². The van der Waals surface area contributed by atoms with Crippen LogP contribution in [0.15, 0.2) is 36.4 Å². The van der Waals surface area contributed by atoms with Crippen LogP contribution < -0.4 is 16.2 Å². The minimum absolute atomic E-state index is 0.836. The summed E-state index contributed by atoms with van der Waals surface area (Å²) < 4.78 is 0. The first-order valence-electron chi connectivity index (χ1n) is 6.23. The first kappa shape index (κ1) is 9.72. The van der Waals surface area contributed by atoms with Gasteiger partial charge in [-0.15, -0.1) is 0 Å². The molecule has 18 heavy (non-hydrogen) atoms. The fraction of sp³-hybridized carbons (Fsp3) is 0.0588. The van der Waals surface area contributed by atoms with Crippen molar-refractivity contribution >= 4 is 23.9 Å². The highest BCUT2D eigenvalue weighted by molar-refractivity contribution is 5.70. The van der Waals surface area contributed by atoms with E-state index >= 15 is 0 Å². The zero-order valence-corrected chi connectivity index (χ0v) is 9.98. The van der Waals surface area contributed by atoms with Gasteiger partial charge in [-0.25, -0.2) is 0 Å². The predicted molar refractivity (Wildman–Crippen MR) is 75.9 cm³/mol. The smallest absolute Gasteiger partial charge is 0.0320 e. The summed E-state index contributed by atoms with van der Waals surface area (Å²) in [6.45, 7) is 0. The van der Waals surface area contributed by atoms with E-state index in [-0.39, 0.29) is 0 Å². The van der Waals surface area contributed by atoms with Crippen LogP contribution in [0.5, 0.6) is 0 Å². The van der Waals surface area contributed by atoms with E-state index in [1.807, 2.05) is 6.07 Å². The van der Waals surface area contributed by atoms with Crippen LogP contribution in [-0.2, 0) is 6.42 Å². The number of hydrogen-bond donors (Lipinski definition) is 1. The molecule has 2 aliphatic carbocycles. The van der Waals surface area contributed by atoms with E-state index < -0.39 is 0 Å². The quantitative estimate of drug-likeness (QED) is 0.686. The molecule has 0 heterocycles. The van der Waals surface area contributed by atoms with E-state index in [1.54, 1.807) is 0 Å². The van der Waals surface area contributed by atoms with Gasteiger partial charge in [0.25, 0.3) is 0 Å². The first-order chi connectivity index (χ1) is 8.83. The Morgan fingerprint density at radius 3 is 2.78 bits per heavy atom. The monoisotopic (exact) mass is 231 g/mol. The van der Waals surface area contributed by atoms with Crippen LogP contribution in [0.2, 0.25) is 0 Å². The normalized spacial score (nSPS) is 14.2. The molecular weight excluding hydrogens is 218 g/mol. The zero-order valence-electron chi connectivity index (χ0n) is 9.98. The summed E-state index contributed by atoms with van der Waals surface area (Å²) in [6.07, 6.45) is 9.79. The van der Waals surface area contributed by atoms with Crippen molar-refractivity contribution in [1.82, 2.24) is 0 Å². The second-order valence-electron chi connectivity index (χ2n) is 4.88. The highest BCUT2D eigenvalue weighted by Crippen LogP contribution is 2.16. The van der Waals surface area contributed by atoms with Gasteiger partial charge in [0.15, 0.2) is 0 Å². The van der Waals surface area contributed by atoms with Gasteiger partial charge in [0.05, 0.1) is 0 Å². The summed E-state index contributed by atoms with van der Waals surface area (Å²) in [5, 5.41) is 5.24. The summed E-state index contributed by atoms with van der Waals surface area (Å²) in [6, 6.07) is 10.6. The van der Waals surface area contributed by atoms with E-state index in [2.05, 4.69) is 48.6 Å². The van der Waals surface area contributed by atoms with Gasteiger partial charge in [0.1, 0.15) is 0 Å². The lowest BCUT2D eigenvalue weighted by atomic mass is 9.95. The second-order valence-corrected chi connectivity index (χ2v) is 4.88. The Morgan fingerprint density at radius 1 is 0.944 bits per heavy atom. The van der Waals surface area contributed by atoms with Gasteiger partial charge < -0.3 is 5.73 Å². The third-order valence-corrected chi connectivity index (χ3v) is 3.82. The maximum atomic E-state index is 5.86. The average Bonchev–Trinajstić information content (AvgIpc) is 2.86. The van der Waals surface area contributed by atoms with E-state index in [4.69, 9.17) is 5.73 Å². The fourth-order valence-corrected chi connectivity index (χ4v) is 2.95. The standard InChI is InChI=1S/C17H13N/c18-13-6-9-15-12(10-13)5-8-16-14-3-1-2-11(14)4-7-17(15)16/h1-7,9-10H,8,18H2. The number of nitrogens with two attached hydrogens (primary N) is 1. The lowest BCUT2D eigenvalue weighted by Gasteiger charge is -2.09. The molecule has 86 valence electrons. The van der Waals surface area contributed by atoms with E-state index in [0.29, 0.717) is 0 Å². The van der Waals surface area contributed by atoms with Crippen LogP contribution >= 0.6 is 0 Å². The third-order valence-electron chi connectivity index (χ3n) is 3.82. The molecule has 0 aromatic heterocycles. The summed E-state index contributed by atoms with van der Waals surface area (Å²) in [7, 11) is 0. The molecule has 2 aliphatic rings. The first-order valence-corrected chi connectivity index (χ1v) is 6.23. The van der Waals surface area contributed by atoms with Crippen LogP contribution in [0.1, 0.15) is 11.1 Å².